The zero-order chi connectivity index (χ0) is 13.8. The van der Waals surface area contributed by atoms with Gasteiger partial charge in [0.15, 0.2) is 0 Å². The van der Waals surface area contributed by atoms with E-state index >= 15 is 0 Å². The molecule has 0 saturated heterocycles. The molecule has 0 aromatic heterocycles. The number of ketones is 1. The molecule has 0 fully saturated rings. The standard InChI is InChI=1S/C14H11FNO3/c1-2-19-14(18)12-8-16-7-11(13(12)17)9-3-5-10(15)6-4-9/h3-8H,2H2,1H3. The molecular formula is C14H11FNO3. The lowest BCUT2D eigenvalue weighted by Gasteiger charge is -2.13. The number of esters is 1. The van der Waals surface area contributed by atoms with Gasteiger partial charge in [0, 0.05) is 18.0 Å². The number of allylic oxidation sites excluding steroid dienone is 1. The maximum atomic E-state index is 12.8. The largest absolute Gasteiger partial charge is 0.462 e. The Kier molecular flexibility index (Phi) is 3.75. The topological polar surface area (TPSA) is 57.5 Å². The van der Waals surface area contributed by atoms with Crippen LogP contribution in [0.1, 0.15) is 12.5 Å². The fourth-order valence-corrected chi connectivity index (χ4v) is 1.64. The van der Waals surface area contributed by atoms with Crippen LogP contribution in [-0.4, -0.2) is 18.4 Å². The minimum Gasteiger partial charge on any atom is -0.462 e. The number of benzene rings is 1. The van der Waals surface area contributed by atoms with Crippen LogP contribution >= 0.6 is 0 Å². The van der Waals surface area contributed by atoms with Crippen LogP contribution in [0, 0.1) is 5.82 Å². The Bertz CT molecular complexity index is 573. The van der Waals surface area contributed by atoms with Crippen molar-refractivity contribution >= 4 is 17.3 Å². The van der Waals surface area contributed by atoms with Crippen LogP contribution < -0.4 is 5.32 Å². The van der Waals surface area contributed by atoms with Crippen molar-refractivity contribution in [1.82, 2.24) is 5.32 Å². The van der Waals surface area contributed by atoms with Crippen LogP contribution in [0.3, 0.4) is 0 Å². The van der Waals surface area contributed by atoms with Gasteiger partial charge in [-0.25, -0.2) is 9.18 Å². The molecule has 1 heterocycles. The van der Waals surface area contributed by atoms with E-state index in [-0.39, 0.29) is 17.8 Å². The first-order valence-electron chi connectivity index (χ1n) is 5.71. The first kappa shape index (κ1) is 13.0. The summed E-state index contributed by atoms with van der Waals surface area (Å²) in [6.07, 6.45) is 2.52. The average molecular weight is 260 g/mol. The Balaban J connectivity index is 2.25. The maximum absolute atomic E-state index is 12.8. The number of Topliss-reactive ketones (excluding diaryl/α,β-unsaturated/α-hetero) is 1. The van der Waals surface area contributed by atoms with Gasteiger partial charge in [0.2, 0.25) is 5.78 Å². The van der Waals surface area contributed by atoms with Gasteiger partial charge in [0.1, 0.15) is 11.4 Å². The molecule has 1 aliphatic heterocycles. The van der Waals surface area contributed by atoms with Crippen molar-refractivity contribution in [3.05, 3.63) is 53.6 Å². The molecule has 1 aromatic carbocycles. The highest BCUT2D eigenvalue weighted by molar-refractivity contribution is 6.37. The third kappa shape index (κ3) is 2.70. The number of ether oxygens (including phenoxy) is 1. The molecule has 0 amide bonds. The van der Waals surface area contributed by atoms with Gasteiger partial charge < -0.3 is 4.74 Å². The van der Waals surface area contributed by atoms with Gasteiger partial charge in [0.25, 0.3) is 0 Å². The van der Waals surface area contributed by atoms with E-state index in [1.807, 2.05) is 0 Å². The van der Waals surface area contributed by atoms with Gasteiger partial charge in [0.05, 0.1) is 6.61 Å². The highest BCUT2D eigenvalue weighted by Crippen LogP contribution is 2.22. The van der Waals surface area contributed by atoms with E-state index in [4.69, 9.17) is 4.74 Å². The summed E-state index contributed by atoms with van der Waals surface area (Å²) in [4.78, 5) is 23.7. The van der Waals surface area contributed by atoms with E-state index in [2.05, 4.69) is 5.32 Å². The molecule has 4 nitrogen and oxygen atoms in total. The van der Waals surface area contributed by atoms with Gasteiger partial charge >= 0.3 is 5.97 Å². The summed E-state index contributed by atoms with van der Waals surface area (Å²) in [6, 6.07) is 5.41. The summed E-state index contributed by atoms with van der Waals surface area (Å²) in [5, 5.41) is 3.85. The predicted octanol–water partition coefficient (Wildman–Crippen LogP) is 1.80. The molecule has 1 radical (unpaired) electrons. The molecular weight excluding hydrogens is 249 g/mol. The molecule has 0 saturated carbocycles. The number of halogens is 1. The summed E-state index contributed by atoms with van der Waals surface area (Å²) in [6.45, 7) is 1.83. The van der Waals surface area contributed by atoms with Crippen molar-refractivity contribution in [3.63, 3.8) is 0 Å². The summed E-state index contributed by atoms with van der Waals surface area (Å²) < 4.78 is 17.6. The number of carbonyl (C=O) groups is 2. The van der Waals surface area contributed by atoms with Crippen LogP contribution in [0.2, 0.25) is 0 Å². The smallest absolute Gasteiger partial charge is 0.343 e. The normalized spacial score (nSPS) is 14.3. The second-order valence-corrected chi connectivity index (χ2v) is 3.79. The van der Waals surface area contributed by atoms with E-state index in [0.29, 0.717) is 5.56 Å². The SMILES string of the molecule is CCOC(=O)C1=C[N]C=C(c2ccc(F)cc2)C1=O. The second-order valence-electron chi connectivity index (χ2n) is 3.79. The minimum absolute atomic E-state index is 0.122. The monoisotopic (exact) mass is 260 g/mol. The lowest BCUT2D eigenvalue weighted by molar-refractivity contribution is -0.139. The van der Waals surface area contributed by atoms with Gasteiger partial charge in [-0.1, -0.05) is 12.1 Å². The minimum atomic E-state index is -0.705. The third-order valence-corrected chi connectivity index (χ3v) is 2.55. The lowest BCUT2D eigenvalue weighted by Crippen LogP contribution is -2.21. The average Bonchev–Trinajstić information content (AvgIpc) is 2.40. The van der Waals surface area contributed by atoms with Gasteiger partial charge in [-0.3, -0.25) is 10.1 Å². The zero-order valence-electron chi connectivity index (χ0n) is 10.2. The van der Waals surface area contributed by atoms with Gasteiger partial charge in [-0.2, -0.15) is 0 Å². The molecule has 0 aliphatic carbocycles. The molecule has 97 valence electrons. The maximum Gasteiger partial charge on any atom is 0.343 e. The molecule has 1 aliphatic rings. The van der Waals surface area contributed by atoms with Crippen molar-refractivity contribution in [2.75, 3.05) is 6.61 Å². The van der Waals surface area contributed by atoms with Crippen LogP contribution in [0.15, 0.2) is 42.2 Å². The van der Waals surface area contributed by atoms with Crippen LogP contribution in [0.25, 0.3) is 5.57 Å². The molecule has 1 aromatic rings. The summed E-state index contributed by atoms with van der Waals surface area (Å²) in [7, 11) is 0. The van der Waals surface area contributed by atoms with Crippen molar-refractivity contribution in [1.29, 1.82) is 0 Å². The van der Waals surface area contributed by atoms with Crippen molar-refractivity contribution in [2.24, 2.45) is 0 Å². The molecule has 0 unspecified atom stereocenters. The number of nitrogens with zero attached hydrogens (tertiary/aromatic N) is 1. The van der Waals surface area contributed by atoms with Crippen LogP contribution in [-0.2, 0) is 14.3 Å². The van der Waals surface area contributed by atoms with E-state index in [9.17, 15) is 14.0 Å². The first-order valence-corrected chi connectivity index (χ1v) is 5.71. The fraction of sp³-hybridized carbons (Fsp3) is 0.143. The summed E-state index contributed by atoms with van der Waals surface area (Å²) in [5.41, 5.74) is 0.624. The number of carbonyl (C=O) groups excluding carboxylic acids is 2. The Labute approximate surface area is 109 Å². The highest BCUT2D eigenvalue weighted by atomic mass is 19.1. The van der Waals surface area contributed by atoms with Gasteiger partial charge in [-0.15, -0.1) is 0 Å². The Morgan fingerprint density at radius 1 is 1.26 bits per heavy atom. The third-order valence-electron chi connectivity index (χ3n) is 2.55. The quantitative estimate of drug-likeness (QED) is 0.615. The highest BCUT2D eigenvalue weighted by Gasteiger charge is 2.26. The first-order chi connectivity index (χ1) is 9.13. The van der Waals surface area contributed by atoms with E-state index in [1.54, 1.807) is 6.92 Å². The second kappa shape index (κ2) is 5.48. The summed E-state index contributed by atoms with van der Waals surface area (Å²) >= 11 is 0. The fourth-order valence-electron chi connectivity index (χ4n) is 1.64. The molecule has 0 spiro atoms. The molecule has 19 heavy (non-hydrogen) atoms. The Morgan fingerprint density at radius 2 is 1.95 bits per heavy atom. The van der Waals surface area contributed by atoms with E-state index < -0.39 is 17.6 Å². The Hall–Kier alpha value is -2.43. The van der Waals surface area contributed by atoms with Crippen molar-refractivity contribution in [3.8, 4) is 0 Å². The number of hydrogen-bond donors (Lipinski definition) is 0. The van der Waals surface area contributed by atoms with Crippen LogP contribution in [0.5, 0.6) is 0 Å². The van der Waals surface area contributed by atoms with Crippen LogP contribution in [0.4, 0.5) is 4.39 Å². The molecule has 0 bridgehead atoms. The predicted molar refractivity (Wildman–Crippen MR) is 66.2 cm³/mol. The Morgan fingerprint density at radius 3 is 2.58 bits per heavy atom. The van der Waals surface area contributed by atoms with Crippen molar-refractivity contribution in [2.45, 2.75) is 6.92 Å². The van der Waals surface area contributed by atoms with E-state index in [1.165, 1.54) is 36.7 Å². The lowest BCUT2D eigenvalue weighted by atomic mass is 9.96. The molecule has 0 N–H and O–H groups in total. The molecule has 2 rings (SSSR count). The number of hydrogen-bond acceptors (Lipinski definition) is 3. The zero-order valence-corrected chi connectivity index (χ0v) is 10.2. The number of rotatable bonds is 3. The molecule has 5 heteroatoms. The van der Waals surface area contributed by atoms with E-state index in [0.717, 1.165) is 0 Å². The van der Waals surface area contributed by atoms with Gasteiger partial charge in [-0.05, 0) is 24.6 Å². The molecule has 0 atom stereocenters. The summed E-state index contributed by atoms with van der Waals surface area (Å²) in [5.74, 6) is -1.57. The van der Waals surface area contributed by atoms with Crippen molar-refractivity contribution < 1.29 is 18.7 Å².